The fourth-order valence-electron chi connectivity index (χ4n) is 2.50. The van der Waals surface area contributed by atoms with Gasteiger partial charge in [-0.2, -0.15) is 0 Å². The van der Waals surface area contributed by atoms with Crippen LogP contribution in [0.15, 0.2) is 23.1 Å². The van der Waals surface area contributed by atoms with Crippen molar-refractivity contribution in [2.45, 2.75) is 31.6 Å². The van der Waals surface area contributed by atoms with E-state index in [1.54, 1.807) is 4.90 Å². The normalized spacial score (nSPS) is 18.6. The molecule has 1 heterocycles. The maximum absolute atomic E-state index is 12.2. The number of piperidine rings is 1. The van der Waals surface area contributed by atoms with Gasteiger partial charge in [-0.15, -0.1) is 11.8 Å². The molecule has 114 valence electrons. The average Bonchev–Trinajstić information content (AvgIpc) is 2.48. The fourth-order valence-corrected chi connectivity index (χ4v) is 3.53. The summed E-state index contributed by atoms with van der Waals surface area (Å²) in [4.78, 5) is 26.1. The lowest BCUT2D eigenvalue weighted by molar-refractivity contribution is -0.145. The first kappa shape index (κ1) is 15.9. The Labute approximate surface area is 129 Å². The van der Waals surface area contributed by atoms with Gasteiger partial charge in [-0.3, -0.25) is 9.59 Å². The molecule has 0 bridgehead atoms. The number of carbonyl (C=O) groups is 2. The molecule has 0 spiro atoms. The Hall–Kier alpha value is -1.49. The molecule has 1 unspecified atom stereocenters. The van der Waals surface area contributed by atoms with Crippen LogP contribution >= 0.6 is 11.8 Å². The Morgan fingerprint density at radius 3 is 2.86 bits per heavy atom. The number of carboxylic acid groups (broad SMARTS) is 1. The Bertz CT molecular complexity index is 544. The SMILES string of the molecule is Cc1ccc(C)c(SCC(=O)N2CCCC(C(=O)O)C2)c1. The number of likely N-dealkylation sites (tertiary alicyclic amines) is 1. The second kappa shape index (κ2) is 6.98. The van der Waals surface area contributed by atoms with Crippen LogP contribution in [-0.2, 0) is 9.59 Å². The van der Waals surface area contributed by atoms with E-state index in [-0.39, 0.29) is 5.91 Å². The van der Waals surface area contributed by atoms with Crippen LogP contribution in [0.25, 0.3) is 0 Å². The van der Waals surface area contributed by atoms with E-state index in [9.17, 15) is 9.59 Å². The van der Waals surface area contributed by atoms with Gasteiger partial charge in [-0.1, -0.05) is 17.7 Å². The van der Waals surface area contributed by atoms with E-state index in [0.29, 0.717) is 25.3 Å². The zero-order chi connectivity index (χ0) is 15.4. The number of aryl methyl sites for hydroxylation is 2. The highest BCUT2D eigenvalue weighted by Gasteiger charge is 2.27. The maximum atomic E-state index is 12.2. The minimum Gasteiger partial charge on any atom is -0.481 e. The third kappa shape index (κ3) is 4.24. The highest BCUT2D eigenvalue weighted by Crippen LogP contribution is 2.25. The van der Waals surface area contributed by atoms with Crippen LogP contribution in [-0.4, -0.2) is 40.7 Å². The molecule has 1 N–H and O–H groups in total. The molecule has 0 aliphatic carbocycles. The largest absolute Gasteiger partial charge is 0.481 e. The molecule has 1 aromatic rings. The van der Waals surface area contributed by atoms with Gasteiger partial charge in [0, 0.05) is 18.0 Å². The second-order valence-corrected chi connectivity index (χ2v) is 6.59. The van der Waals surface area contributed by atoms with Gasteiger partial charge in [0.15, 0.2) is 0 Å². The molecular formula is C16H21NO3S. The van der Waals surface area contributed by atoms with Crippen molar-refractivity contribution in [3.63, 3.8) is 0 Å². The van der Waals surface area contributed by atoms with E-state index in [1.165, 1.54) is 22.9 Å². The number of amides is 1. The van der Waals surface area contributed by atoms with Crippen LogP contribution in [0.4, 0.5) is 0 Å². The van der Waals surface area contributed by atoms with Crippen molar-refractivity contribution in [1.82, 2.24) is 4.90 Å². The first-order valence-corrected chi connectivity index (χ1v) is 8.16. The third-order valence-electron chi connectivity index (χ3n) is 3.82. The summed E-state index contributed by atoms with van der Waals surface area (Å²) in [6, 6.07) is 6.20. The fraction of sp³-hybridized carbons (Fsp3) is 0.500. The number of rotatable bonds is 4. The van der Waals surface area contributed by atoms with E-state index < -0.39 is 11.9 Å². The van der Waals surface area contributed by atoms with E-state index in [2.05, 4.69) is 18.2 Å². The topological polar surface area (TPSA) is 57.6 Å². The molecular weight excluding hydrogens is 286 g/mol. The monoisotopic (exact) mass is 307 g/mol. The number of carboxylic acids is 1. The molecule has 1 fully saturated rings. The molecule has 1 aromatic carbocycles. The molecule has 0 radical (unpaired) electrons. The van der Waals surface area contributed by atoms with Gasteiger partial charge in [-0.25, -0.2) is 0 Å². The number of thioether (sulfide) groups is 1. The summed E-state index contributed by atoms with van der Waals surface area (Å²) in [5.74, 6) is -0.800. The first-order valence-electron chi connectivity index (χ1n) is 7.18. The van der Waals surface area contributed by atoms with Crippen LogP contribution in [0.3, 0.4) is 0 Å². The molecule has 0 saturated carbocycles. The van der Waals surface area contributed by atoms with E-state index in [0.717, 1.165) is 11.3 Å². The number of nitrogens with zero attached hydrogens (tertiary/aromatic N) is 1. The van der Waals surface area contributed by atoms with Gasteiger partial charge in [-0.05, 0) is 38.3 Å². The van der Waals surface area contributed by atoms with Gasteiger partial charge in [0.1, 0.15) is 0 Å². The highest BCUT2D eigenvalue weighted by atomic mass is 32.2. The van der Waals surface area contributed by atoms with Gasteiger partial charge in [0.05, 0.1) is 11.7 Å². The van der Waals surface area contributed by atoms with E-state index >= 15 is 0 Å². The zero-order valence-electron chi connectivity index (χ0n) is 12.5. The Morgan fingerprint density at radius 1 is 1.38 bits per heavy atom. The predicted molar refractivity (Wildman–Crippen MR) is 83.6 cm³/mol. The Morgan fingerprint density at radius 2 is 2.14 bits per heavy atom. The molecule has 5 heteroatoms. The molecule has 2 rings (SSSR count). The van der Waals surface area contributed by atoms with Crippen molar-refractivity contribution in [3.05, 3.63) is 29.3 Å². The van der Waals surface area contributed by atoms with Gasteiger partial charge < -0.3 is 10.0 Å². The average molecular weight is 307 g/mol. The van der Waals surface area contributed by atoms with Gasteiger partial charge in [0.2, 0.25) is 5.91 Å². The van der Waals surface area contributed by atoms with Crippen LogP contribution in [0.5, 0.6) is 0 Å². The van der Waals surface area contributed by atoms with Crippen LogP contribution < -0.4 is 0 Å². The number of benzene rings is 1. The highest BCUT2D eigenvalue weighted by molar-refractivity contribution is 8.00. The van der Waals surface area contributed by atoms with Crippen molar-refractivity contribution in [2.75, 3.05) is 18.8 Å². The molecule has 1 aliphatic rings. The molecule has 21 heavy (non-hydrogen) atoms. The van der Waals surface area contributed by atoms with Crippen LogP contribution in [0.1, 0.15) is 24.0 Å². The lowest BCUT2D eigenvalue weighted by atomic mass is 9.98. The minimum atomic E-state index is -0.797. The summed E-state index contributed by atoms with van der Waals surface area (Å²) in [5, 5.41) is 9.07. The van der Waals surface area contributed by atoms with Crippen LogP contribution in [0, 0.1) is 19.8 Å². The summed E-state index contributed by atoms with van der Waals surface area (Å²) >= 11 is 1.53. The smallest absolute Gasteiger partial charge is 0.308 e. The van der Waals surface area contributed by atoms with Crippen molar-refractivity contribution < 1.29 is 14.7 Å². The van der Waals surface area contributed by atoms with E-state index in [1.807, 2.05) is 13.8 Å². The molecule has 1 saturated heterocycles. The van der Waals surface area contributed by atoms with Crippen molar-refractivity contribution in [1.29, 1.82) is 0 Å². The lowest BCUT2D eigenvalue weighted by Gasteiger charge is -2.30. The first-order chi connectivity index (χ1) is 9.97. The number of hydrogen-bond donors (Lipinski definition) is 1. The molecule has 1 aliphatic heterocycles. The summed E-state index contributed by atoms with van der Waals surface area (Å²) < 4.78 is 0. The minimum absolute atomic E-state index is 0.0341. The summed E-state index contributed by atoms with van der Waals surface area (Å²) in [7, 11) is 0. The summed E-state index contributed by atoms with van der Waals surface area (Å²) in [5.41, 5.74) is 2.35. The van der Waals surface area contributed by atoms with Gasteiger partial charge in [0.25, 0.3) is 0 Å². The van der Waals surface area contributed by atoms with Gasteiger partial charge >= 0.3 is 5.97 Å². The molecule has 4 nitrogen and oxygen atoms in total. The lowest BCUT2D eigenvalue weighted by Crippen LogP contribution is -2.43. The summed E-state index contributed by atoms with van der Waals surface area (Å²) in [6.45, 7) is 5.10. The summed E-state index contributed by atoms with van der Waals surface area (Å²) in [6.07, 6.45) is 1.44. The van der Waals surface area contributed by atoms with Crippen molar-refractivity contribution >= 4 is 23.6 Å². The Balaban J connectivity index is 1.92. The Kier molecular flexibility index (Phi) is 5.28. The number of carbonyl (C=O) groups excluding carboxylic acids is 1. The molecule has 1 atom stereocenters. The standard InChI is InChI=1S/C16H21NO3S/c1-11-5-6-12(2)14(8-11)21-10-15(18)17-7-3-4-13(9-17)16(19)20/h5-6,8,13H,3-4,7,9-10H2,1-2H3,(H,19,20). The van der Waals surface area contributed by atoms with E-state index in [4.69, 9.17) is 5.11 Å². The number of hydrogen-bond acceptors (Lipinski definition) is 3. The van der Waals surface area contributed by atoms with Crippen molar-refractivity contribution in [2.24, 2.45) is 5.92 Å². The van der Waals surface area contributed by atoms with Crippen molar-refractivity contribution in [3.8, 4) is 0 Å². The molecule has 1 amide bonds. The second-order valence-electron chi connectivity index (χ2n) is 5.57. The quantitative estimate of drug-likeness (QED) is 0.869. The maximum Gasteiger partial charge on any atom is 0.308 e. The predicted octanol–water partition coefficient (Wildman–Crippen LogP) is 2.72. The van der Waals surface area contributed by atoms with Crippen LogP contribution in [0.2, 0.25) is 0 Å². The third-order valence-corrected chi connectivity index (χ3v) is 4.96. The number of aliphatic carboxylic acids is 1. The zero-order valence-corrected chi connectivity index (χ0v) is 13.3. The molecule has 0 aromatic heterocycles.